The van der Waals surface area contributed by atoms with Gasteiger partial charge in [0.25, 0.3) is 0 Å². The smallest absolute Gasteiger partial charge is 0.338 e. The van der Waals surface area contributed by atoms with Crippen LogP contribution in [0.15, 0.2) is 48.7 Å². The lowest BCUT2D eigenvalue weighted by atomic mass is 10.1. The molecule has 0 aliphatic heterocycles. The normalized spacial score (nSPS) is 10.7. The van der Waals surface area contributed by atoms with E-state index >= 15 is 0 Å². The quantitative estimate of drug-likeness (QED) is 0.592. The third-order valence-electron chi connectivity index (χ3n) is 3.24. The summed E-state index contributed by atoms with van der Waals surface area (Å²) in [6.45, 7) is 2.11. The van der Waals surface area contributed by atoms with E-state index in [-0.39, 0.29) is 5.97 Å². The van der Waals surface area contributed by atoms with Crippen molar-refractivity contribution in [2.75, 3.05) is 12.3 Å². The summed E-state index contributed by atoms with van der Waals surface area (Å²) in [5.74, 6) is -0.374. The number of rotatable bonds is 3. The van der Waals surface area contributed by atoms with E-state index in [1.807, 2.05) is 24.3 Å². The Morgan fingerprint density at radius 3 is 2.86 bits per heavy atom. The Morgan fingerprint density at radius 1 is 1.29 bits per heavy atom. The molecule has 3 rings (SSSR count). The molecule has 2 aromatic carbocycles. The number of benzene rings is 2. The number of carbonyl (C=O) groups is 1. The molecule has 2 N–H and O–H groups in total. The van der Waals surface area contributed by atoms with Crippen molar-refractivity contribution in [2.24, 2.45) is 0 Å². The molecule has 0 unspecified atom stereocenters. The van der Waals surface area contributed by atoms with Crippen LogP contribution in [0.3, 0.4) is 0 Å². The van der Waals surface area contributed by atoms with E-state index in [2.05, 4.69) is 5.10 Å². The van der Waals surface area contributed by atoms with Crippen LogP contribution in [0, 0.1) is 0 Å². The standard InChI is InChI=1S/C16H15N3O2/c1-2-21-16(20)11-7-8-15(13(17)9-11)19-14-6-4-3-5-12(14)10-18-19/h3-10H,2,17H2,1H3. The van der Waals surface area contributed by atoms with Crippen molar-refractivity contribution < 1.29 is 9.53 Å². The van der Waals surface area contributed by atoms with Gasteiger partial charge in [-0.3, -0.25) is 0 Å². The third kappa shape index (κ3) is 2.33. The summed E-state index contributed by atoms with van der Waals surface area (Å²) in [7, 11) is 0. The van der Waals surface area contributed by atoms with Gasteiger partial charge >= 0.3 is 5.97 Å². The van der Waals surface area contributed by atoms with Gasteiger partial charge in [-0.05, 0) is 31.2 Å². The molecule has 1 aromatic heterocycles. The van der Waals surface area contributed by atoms with Crippen molar-refractivity contribution >= 4 is 22.6 Å². The molecule has 0 saturated carbocycles. The average molecular weight is 281 g/mol. The van der Waals surface area contributed by atoms with Crippen molar-refractivity contribution in [3.63, 3.8) is 0 Å². The Bertz CT molecular complexity index is 808. The Kier molecular flexibility index (Phi) is 3.31. The molecular formula is C16H15N3O2. The number of para-hydroxylation sites is 1. The summed E-state index contributed by atoms with van der Waals surface area (Å²) in [5, 5.41) is 5.39. The third-order valence-corrected chi connectivity index (χ3v) is 3.24. The first-order chi connectivity index (χ1) is 10.2. The van der Waals surface area contributed by atoms with Crippen molar-refractivity contribution in [1.29, 1.82) is 0 Å². The van der Waals surface area contributed by atoms with Gasteiger partial charge in [0.2, 0.25) is 0 Å². The summed E-state index contributed by atoms with van der Waals surface area (Å²) in [6, 6.07) is 13.0. The minimum absolute atomic E-state index is 0.338. The molecule has 5 nitrogen and oxygen atoms in total. The summed E-state index contributed by atoms with van der Waals surface area (Å²) in [5.41, 5.74) is 8.70. The van der Waals surface area contributed by atoms with E-state index in [0.29, 0.717) is 17.9 Å². The number of aromatic nitrogens is 2. The Labute approximate surface area is 121 Å². The van der Waals surface area contributed by atoms with Gasteiger partial charge in [0.1, 0.15) is 0 Å². The predicted molar refractivity (Wildman–Crippen MR) is 81.4 cm³/mol. The van der Waals surface area contributed by atoms with E-state index in [1.165, 1.54) is 0 Å². The number of esters is 1. The van der Waals surface area contributed by atoms with Crippen LogP contribution >= 0.6 is 0 Å². The molecule has 0 aliphatic rings. The number of nitrogens with two attached hydrogens (primary N) is 1. The van der Waals surface area contributed by atoms with Crippen LogP contribution in [0.2, 0.25) is 0 Å². The second-order valence-corrected chi connectivity index (χ2v) is 4.61. The molecular weight excluding hydrogens is 266 g/mol. The van der Waals surface area contributed by atoms with E-state index in [9.17, 15) is 4.79 Å². The fraction of sp³-hybridized carbons (Fsp3) is 0.125. The second-order valence-electron chi connectivity index (χ2n) is 4.61. The largest absolute Gasteiger partial charge is 0.462 e. The van der Waals surface area contributed by atoms with E-state index in [0.717, 1.165) is 16.6 Å². The van der Waals surface area contributed by atoms with Gasteiger partial charge in [-0.15, -0.1) is 0 Å². The number of fused-ring (bicyclic) bond motifs is 1. The fourth-order valence-corrected chi connectivity index (χ4v) is 2.25. The molecule has 0 atom stereocenters. The molecule has 106 valence electrons. The number of nitrogen functional groups attached to an aromatic ring is 1. The Balaban J connectivity index is 2.05. The zero-order chi connectivity index (χ0) is 14.8. The van der Waals surface area contributed by atoms with Gasteiger partial charge in [-0.25, -0.2) is 9.48 Å². The van der Waals surface area contributed by atoms with Gasteiger partial charge < -0.3 is 10.5 Å². The number of hydrogen-bond donors (Lipinski definition) is 1. The average Bonchev–Trinajstić information content (AvgIpc) is 2.91. The maximum atomic E-state index is 11.7. The Hall–Kier alpha value is -2.82. The van der Waals surface area contributed by atoms with Gasteiger partial charge in [0.05, 0.1) is 35.3 Å². The van der Waals surface area contributed by atoms with Crippen molar-refractivity contribution in [3.05, 3.63) is 54.2 Å². The maximum absolute atomic E-state index is 11.7. The second kappa shape index (κ2) is 5.28. The van der Waals surface area contributed by atoms with Crippen LogP contribution in [0.4, 0.5) is 5.69 Å². The van der Waals surface area contributed by atoms with E-state index in [1.54, 1.807) is 36.0 Å². The molecule has 21 heavy (non-hydrogen) atoms. The molecule has 0 fully saturated rings. The van der Waals surface area contributed by atoms with Crippen LogP contribution in [0.25, 0.3) is 16.6 Å². The topological polar surface area (TPSA) is 70.1 Å². The number of anilines is 1. The lowest BCUT2D eigenvalue weighted by molar-refractivity contribution is 0.0526. The predicted octanol–water partition coefficient (Wildman–Crippen LogP) is 2.78. The molecule has 5 heteroatoms. The van der Waals surface area contributed by atoms with Crippen LogP contribution in [0.5, 0.6) is 0 Å². The monoisotopic (exact) mass is 281 g/mol. The van der Waals surface area contributed by atoms with Crippen molar-refractivity contribution in [1.82, 2.24) is 9.78 Å². The highest BCUT2D eigenvalue weighted by molar-refractivity contribution is 5.91. The van der Waals surface area contributed by atoms with Crippen LogP contribution < -0.4 is 5.73 Å². The molecule has 0 spiro atoms. The van der Waals surface area contributed by atoms with E-state index < -0.39 is 0 Å². The number of nitrogens with zero attached hydrogens (tertiary/aromatic N) is 2. The summed E-state index contributed by atoms with van der Waals surface area (Å²) >= 11 is 0. The molecule has 0 bridgehead atoms. The highest BCUT2D eigenvalue weighted by atomic mass is 16.5. The molecule has 0 radical (unpaired) electrons. The number of hydrogen-bond acceptors (Lipinski definition) is 4. The minimum Gasteiger partial charge on any atom is -0.462 e. The first-order valence-corrected chi connectivity index (χ1v) is 6.70. The minimum atomic E-state index is -0.374. The molecule has 0 saturated heterocycles. The molecule has 1 heterocycles. The van der Waals surface area contributed by atoms with Gasteiger partial charge in [-0.2, -0.15) is 5.10 Å². The lowest BCUT2D eigenvalue weighted by Gasteiger charge is -2.09. The Morgan fingerprint density at radius 2 is 2.10 bits per heavy atom. The van der Waals surface area contributed by atoms with Crippen molar-refractivity contribution in [3.8, 4) is 5.69 Å². The summed E-state index contributed by atoms with van der Waals surface area (Å²) in [4.78, 5) is 11.7. The highest BCUT2D eigenvalue weighted by Crippen LogP contribution is 2.23. The zero-order valence-corrected chi connectivity index (χ0v) is 11.6. The van der Waals surface area contributed by atoms with E-state index in [4.69, 9.17) is 10.5 Å². The molecule has 0 amide bonds. The zero-order valence-electron chi connectivity index (χ0n) is 11.6. The van der Waals surface area contributed by atoms with Crippen molar-refractivity contribution in [2.45, 2.75) is 6.92 Å². The highest BCUT2D eigenvalue weighted by Gasteiger charge is 2.12. The molecule has 3 aromatic rings. The lowest BCUT2D eigenvalue weighted by Crippen LogP contribution is -2.07. The van der Waals surface area contributed by atoms with Crippen LogP contribution in [-0.4, -0.2) is 22.4 Å². The summed E-state index contributed by atoms with van der Waals surface area (Å²) < 4.78 is 6.73. The number of ether oxygens (including phenoxy) is 1. The summed E-state index contributed by atoms with van der Waals surface area (Å²) in [6.07, 6.45) is 1.79. The van der Waals surface area contributed by atoms with Crippen LogP contribution in [0.1, 0.15) is 17.3 Å². The fourth-order valence-electron chi connectivity index (χ4n) is 2.25. The van der Waals surface area contributed by atoms with Gasteiger partial charge in [0, 0.05) is 5.39 Å². The first-order valence-electron chi connectivity index (χ1n) is 6.70. The van der Waals surface area contributed by atoms with Crippen LogP contribution in [-0.2, 0) is 4.74 Å². The molecule has 0 aliphatic carbocycles. The SMILES string of the molecule is CCOC(=O)c1ccc(-n2ncc3ccccc32)c(N)c1. The maximum Gasteiger partial charge on any atom is 0.338 e. The number of carbonyl (C=O) groups excluding carboxylic acids is 1. The van der Waals surface area contributed by atoms with Gasteiger partial charge in [0.15, 0.2) is 0 Å². The first kappa shape index (κ1) is 13.2. The van der Waals surface area contributed by atoms with Gasteiger partial charge in [-0.1, -0.05) is 18.2 Å².